The molecule has 0 bridgehead atoms. The molecular formula is C17H26N2O2. The van der Waals surface area contributed by atoms with E-state index in [4.69, 9.17) is 4.74 Å². The van der Waals surface area contributed by atoms with E-state index in [9.17, 15) is 4.79 Å². The second-order valence-corrected chi connectivity index (χ2v) is 6.16. The molecule has 2 amide bonds. The fourth-order valence-electron chi connectivity index (χ4n) is 2.62. The van der Waals surface area contributed by atoms with Crippen molar-refractivity contribution in [3.05, 3.63) is 29.8 Å². The predicted molar refractivity (Wildman–Crippen MR) is 84.4 cm³/mol. The standard InChI is InChI=1S/C17H26N2O2/c1-13(2)21-16-8-6-15(7-9-16)11-18-17(20)19-10-4-5-14(3)12-19/h6-9,13-14H,4-5,10-12H2,1-3H3,(H,18,20). The molecule has 1 aliphatic heterocycles. The highest BCUT2D eigenvalue weighted by molar-refractivity contribution is 5.74. The van der Waals surface area contributed by atoms with Crippen molar-refractivity contribution in [3.63, 3.8) is 0 Å². The molecule has 1 aliphatic rings. The quantitative estimate of drug-likeness (QED) is 0.923. The van der Waals surface area contributed by atoms with Gasteiger partial charge in [-0.25, -0.2) is 4.79 Å². The summed E-state index contributed by atoms with van der Waals surface area (Å²) in [5, 5.41) is 3.00. The minimum absolute atomic E-state index is 0.0454. The lowest BCUT2D eigenvalue weighted by molar-refractivity contribution is 0.169. The molecule has 0 spiro atoms. The molecule has 1 heterocycles. The minimum Gasteiger partial charge on any atom is -0.491 e. The zero-order valence-corrected chi connectivity index (χ0v) is 13.3. The van der Waals surface area contributed by atoms with Gasteiger partial charge in [-0.15, -0.1) is 0 Å². The summed E-state index contributed by atoms with van der Waals surface area (Å²) >= 11 is 0. The molecule has 116 valence electrons. The molecule has 1 N–H and O–H groups in total. The number of nitrogens with zero attached hydrogens (tertiary/aromatic N) is 1. The second kappa shape index (κ2) is 7.34. The van der Waals surface area contributed by atoms with Crippen LogP contribution in [0.3, 0.4) is 0 Å². The number of carbonyl (C=O) groups excluding carboxylic acids is 1. The van der Waals surface area contributed by atoms with Crippen LogP contribution in [0.4, 0.5) is 4.79 Å². The van der Waals surface area contributed by atoms with Gasteiger partial charge < -0.3 is 15.0 Å². The van der Waals surface area contributed by atoms with Gasteiger partial charge >= 0.3 is 6.03 Å². The highest BCUT2D eigenvalue weighted by Gasteiger charge is 2.20. The van der Waals surface area contributed by atoms with Gasteiger partial charge in [-0.3, -0.25) is 0 Å². The Morgan fingerprint density at radius 3 is 2.71 bits per heavy atom. The summed E-state index contributed by atoms with van der Waals surface area (Å²) in [6, 6.07) is 7.94. The number of piperidine rings is 1. The van der Waals surface area contributed by atoms with E-state index in [-0.39, 0.29) is 12.1 Å². The number of rotatable bonds is 4. The van der Waals surface area contributed by atoms with Crippen molar-refractivity contribution in [2.24, 2.45) is 5.92 Å². The number of amides is 2. The van der Waals surface area contributed by atoms with Crippen LogP contribution in [0.2, 0.25) is 0 Å². The molecule has 21 heavy (non-hydrogen) atoms. The van der Waals surface area contributed by atoms with Gasteiger partial charge in [0.1, 0.15) is 5.75 Å². The van der Waals surface area contributed by atoms with E-state index in [1.54, 1.807) is 0 Å². The van der Waals surface area contributed by atoms with Crippen LogP contribution in [-0.4, -0.2) is 30.1 Å². The molecule has 0 saturated carbocycles. The highest BCUT2D eigenvalue weighted by atomic mass is 16.5. The number of nitrogens with one attached hydrogen (secondary N) is 1. The van der Waals surface area contributed by atoms with E-state index in [2.05, 4.69) is 12.2 Å². The first-order valence-corrected chi connectivity index (χ1v) is 7.83. The van der Waals surface area contributed by atoms with Crippen LogP contribution in [0.25, 0.3) is 0 Å². The zero-order chi connectivity index (χ0) is 15.2. The molecule has 1 atom stereocenters. The van der Waals surface area contributed by atoms with E-state index >= 15 is 0 Å². The lowest BCUT2D eigenvalue weighted by atomic mass is 10.0. The van der Waals surface area contributed by atoms with E-state index < -0.39 is 0 Å². The van der Waals surface area contributed by atoms with E-state index in [0.29, 0.717) is 12.5 Å². The minimum atomic E-state index is 0.0454. The largest absolute Gasteiger partial charge is 0.491 e. The maximum atomic E-state index is 12.1. The number of urea groups is 1. The Balaban J connectivity index is 1.80. The van der Waals surface area contributed by atoms with E-state index in [0.717, 1.165) is 30.8 Å². The third kappa shape index (κ3) is 4.96. The number of hydrogen-bond acceptors (Lipinski definition) is 2. The van der Waals surface area contributed by atoms with Gasteiger partial charge in [-0.2, -0.15) is 0 Å². The fraction of sp³-hybridized carbons (Fsp3) is 0.588. The van der Waals surface area contributed by atoms with Crippen LogP contribution >= 0.6 is 0 Å². The monoisotopic (exact) mass is 290 g/mol. The predicted octanol–water partition coefficient (Wildman–Crippen LogP) is 3.42. The third-order valence-electron chi connectivity index (χ3n) is 3.68. The Bertz CT molecular complexity index is 456. The summed E-state index contributed by atoms with van der Waals surface area (Å²) in [6.07, 6.45) is 2.51. The van der Waals surface area contributed by atoms with Crippen molar-refractivity contribution in [1.82, 2.24) is 10.2 Å². The van der Waals surface area contributed by atoms with Gasteiger partial charge in [0.15, 0.2) is 0 Å². The molecule has 4 heteroatoms. The topological polar surface area (TPSA) is 41.6 Å². The van der Waals surface area contributed by atoms with E-state index in [1.807, 2.05) is 43.0 Å². The van der Waals surface area contributed by atoms with Crippen molar-refractivity contribution in [2.45, 2.75) is 46.3 Å². The summed E-state index contributed by atoms with van der Waals surface area (Å²) < 4.78 is 5.61. The van der Waals surface area contributed by atoms with Gasteiger partial charge in [0.05, 0.1) is 6.10 Å². The van der Waals surface area contributed by atoms with Crippen LogP contribution in [-0.2, 0) is 6.54 Å². The first-order chi connectivity index (χ1) is 10.0. The molecule has 0 aliphatic carbocycles. The molecular weight excluding hydrogens is 264 g/mol. The molecule has 0 radical (unpaired) electrons. The number of ether oxygens (including phenoxy) is 1. The maximum absolute atomic E-state index is 12.1. The summed E-state index contributed by atoms with van der Waals surface area (Å²) in [7, 11) is 0. The van der Waals surface area contributed by atoms with Gasteiger partial charge in [0, 0.05) is 19.6 Å². The van der Waals surface area contributed by atoms with Crippen molar-refractivity contribution in [1.29, 1.82) is 0 Å². The number of carbonyl (C=O) groups is 1. The summed E-state index contributed by atoms with van der Waals surface area (Å²) in [5.74, 6) is 1.47. The van der Waals surface area contributed by atoms with Crippen LogP contribution in [0, 0.1) is 5.92 Å². The summed E-state index contributed by atoms with van der Waals surface area (Å²) in [6.45, 7) is 8.52. The molecule has 1 aromatic carbocycles. The van der Waals surface area contributed by atoms with Crippen molar-refractivity contribution >= 4 is 6.03 Å². The third-order valence-corrected chi connectivity index (χ3v) is 3.68. The first-order valence-electron chi connectivity index (χ1n) is 7.83. The number of benzene rings is 1. The Morgan fingerprint density at radius 2 is 2.10 bits per heavy atom. The van der Waals surface area contributed by atoms with Crippen molar-refractivity contribution in [2.75, 3.05) is 13.1 Å². The Hall–Kier alpha value is -1.71. The first kappa shape index (κ1) is 15.7. The lowest BCUT2D eigenvalue weighted by Crippen LogP contribution is -2.44. The maximum Gasteiger partial charge on any atom is 0.317 e. The Labute approximate surface area is 127 Å². The average molecular weight is 290 g/mol. The Kier molecular flexibility index (Phi) is 5.48. The smallest absolute Gasteiger partial charge is 0.317 e. The molecule has 4 nitrogen and oxygen atoms in total. The average Bonchev–Trinajstić information content (AvgIpc) is 2.45. The molecule has 1 saturated heterocycles. The molecule has 1 fully saturated rings. The molecule has 2 rings (SSSR count). The number of likely N-dealkylation sites (tertiary alicyclic amines) is 1. The van der Waals surface area contributed by atoms with Crippen LogP contribution in [0.1, 0.15) is 39.2 Å². The van der Waals surface area contributed by atoms with Gasteiger partial charge in [-0.1, -0.05) is 19.1 Å². The Morgan fingerprint density at radius 1 is 1.38 bits per heavy atom. The van der Waals surface area contributed by atoms with Crippen molar-refractivity contribution in [3.8, 4) is 5.75 Å². The van der Waals surface area contributed by atoms with Crippen LogP contribution in [0.5, 0.6) is 5.75 Å². The molecule has 1 aromatic rings. The van der Waals surface area contributed by atoms with Crippen molar-refractivity contribution < 1.29 is 9.53 Å². The molecule has 1 unspecified atom stereocenters. The van der Waals surface area contributed by atoms with Gasteiger partial charge in [-0.05, 0) is 50.3 Å². The fourth-order valence-corrected chi connectivity index (χ4v) is 2.62. The normalized spacial score (nSPS) is 18.7. The van der Waals surface area contributed by atoms with Crippen LogP contribution < -0.4 is 10.1 Å². The summed E-state index contributed by atoms with van der Waals surface area (Å²) in [5.41, 5.74) is 1.09. The van der Waals surface area contributed by atoms with Gasteiger partial charge in [0.2, 0.25) is 0 Å². The SMILES string of the molecule is CC1CCCN(C(=O)NCc2ccc(OC(C)C)cc2)C1. The highest BCUT2D eigenvalue weighted by Crippen LogP contribution is 2.16. The number of hydrogen-bond donors (Lipinski definition) is 1. The lowest BCUT2D eigenvalue weighted by Gasteiger charge is -2.30. The van der Waals surface area contributed by atoms with E-state index in [1.165, 1.54) is 6.42 Å². The zero-order valence-electron chi connectivity index (χ0n) is 13.3. The second-order valence-electron chi connectivity index (χ2n) is 6.16. The molecule has 0 aromatic heterocycles. The van der Waals surface area contributed by atoms with Crippen LogP contribution in [0.15, 0.2) is 24.3 Å². The summed E-state index contributed by atoms with van der Waals surface area (Å²) in [4.78, 5) is 14.0. The van der Waals surface area contributed by atoms with Gasteiger partial charge in [0.25, 0.3) is 0 Å².